The van der Waals surface area contributed by atoms with E-state index in [0.717, 1.165) is 33.9 Å². The van der Waals surface area contributed by atoms with Crippen LogP contribution in [0.3, 0.4) is 0 Å². The Hall–Kier alpha value is -4.88. The fourth-order valence-corrected chi connectivity index (χ4v) is 6.23. The average molecular weight is 611 g/mol. The highest BCUT2D eigenvalue weighted by Crippen LogP contribution is 2.38. The molecular weight excluding hydrogens is 585 g/mol. The normalized spacial score (nSPS) is 11.5. The van der Waals surface area contributed by atoms with Gasteiger partial charge in [-0.15, -0.1) is 6.42 Å². The Kier molecular flexibility index (Phi) is 8.11. The summed E-state index contributed by atoms with van der Waals surface area (Å²) in [4.78, 5) is -0.323. The van der Waals surface area contributed by atoms with Crippen LogP contribution in [-0.2, 0) is 20.0 Å². The van der Waals surface area contributed by atoms with E-state index in [1.807, 2.05) is 50.2 Å². The summed E-state index contributed by atoms with van der Waals surface area (Å²) in [6.07, 6.45) is 5.48. The van der Waals surface area contributed by atoms with Gasteiger partial charge in [0.05, 0.1) is 9.79 Å². The van der Waals surface area contributed by atoms with Crippen LogP contribution in [0.4, 0.5) is 0 Å². The highest BCUT2D eigenvalue weighted by Gasteiger charge is 2.21. The SMILES string of the molecule is C#Cc1ccc(-c2cc(C)ccc2Oc2ccc(Oc3ccc(S(=O)(=O)c4ccc(C)cc4)cc3)c(S(=O)(=O)O)c2)cc1. The monoisotopic (exact) mass is 610 g/mol. The smallest absolute Gasteiger partial charge is 0.298 e. The van der Waals surface area contributed by atoms with Gasteiger partial charge in [0, 0.05) is 17.2 Å². The lowest BCUT2D eigenvalue weighted by molar-refractivity contribution is 0.442. The molecule has 0 fully saturated rings. The second kappa shape index (κ2) is 11.8. The van der Waals surface area contributed by atoms with Crippen molar-refractivity contribution in [1.29, 1.82) is 0 Å². The molecule has 0 unspecified atom stereocenters. The van der Waals surface area contributed by atoms with Crippen LogP contribution < -0.4 is 9.47 Å². The van der Waals surface area contributed by atoms with E-state index >= 15 is 0 Å². The zero-order valence-corrected chi connectivity index (χ0v) is 24.8. The highest BCUT2D eigenvalue weighted by atomic mass is 32.2. The van der Waals surface area contributed by atoms with Gasteiger partial charge < -0.3 is 9.47 Å². The summed E-state index contributed by atoms with van der Waals surface area (Å²) < 4.78 is 72.4. The molecule has 216 valence electrons. The third kappa shape index (κ3) is 6.63. The first-order valence-corrected chi connectivity index (χ1v) is 15.9. The Balaban J connectivity index is 1.43. The quantitative estimate of drug-likeness (QED) is 0.142. The number of aryl methyl sites for hydroxylation is 2. The topological polar surface area (TPSA) is 107 Å². The predicted octanol–water partition coefficient (Wildman–Crippen LogP) is 7.62. The lowest BCUT2D eigenvalue weighted by Crippen LogP contribution is -2.03. The summed E-state index contributed by atoms with van der Waals surface area (Å²) in [6, 6.07) is 29.0. The first kappa shape index (κ1) is 29.6. The Labute approximate surface area is 251 Å². The molecule has 0 spiro atoms. The number of hydrogen-bond donors (Lipinski definition) is 1. The van der Waals surface area contributed by atoms with E-state index < -0.39 is 24.9 Å². The molecule has 0 aliphatic carbocycles. The standard InChI is InChI=1S/C34H26O7S2/c1-4-25-8-10-26(11-9-25)31-21-24(3)7-19-32(31)41-28-14-20-33(34(22-28)43(37,38)39)40-27-12-17-30(18-13-27)42(35,36)29-15-5-23(2)6-16-29/h1,5-22H,2-3H3,(H,37,38,39). The van der Waals surface area contributed by atoms with Crippen LogP contribution in [0.15, 0.2) is 124 Å². The molecule has 0 aliphatic heterocycles. The second-order valence-corrected chi connectivity index (χ2v) is 13.1. The third-order valence-corrected chi connectivity index (χ3v) is 9.27. The molecule has 5 rings (SSSR count). The highest BCUT2D eigenvalue weighted by molar-refractivity contribution is 7.91. The number of hydrogen-bond acceptors (Lipinski definition) is 6. The minimum absolute atomic E-state index is 0.0466. The molecule has 43 heavy (non-hydrogen) atoms. The van der Waals surface area contributed by atoms with Gasteiger partial charge in [-0.25, -0.2) is 8.42 Å². The van der Waals surface area contributed by atoms with Gasteiger partial charge in [0.1, 0.15) is 27.9 Å². The molecule has 5 aromatic carbocycles. The molecule has 7 nitrogen and oxygen atoms in total. The third-order valence-electron chi connectivity index (χ3n) is 6.61. The molecule has 0 saturated heterocycles. The van der Waals surface area contributed by atoms with Crippen LogP contribution in [-0.4, -0.2) is 21.4 Å². The average Bonchev–Trinajstić information content (AvgIpc) is 2.99. The number of terminal acetylenes is 1. The molecule has 0 radical (unpaired) electrons. The zero-order chi connectivity index (χ0) is 30.8. The zero-order valence-electron chi connectivity index (χ0n) is 23.2. The largest absolute Gasteiger partial charge is 0.457 e. The Morgan fingerprint density at radius 2 is 1.16 bits per heavy atom. The van der Waals surface area contributed by atoms with Gasteiger partial charge >= 0.3 is 0 Å². The lowest BCUT2D eigenvalue weighted by Gasteiger charge is -2.15. The molecule has 0 amide bonds. The summed E-state index contributed by atoms with van der Waals surface area (Å²) in [5.74, 6) is 3.18. The van der Waals surface area contributed by atoms with Crippen molar-refractivity contribution in [2.24, 2.45) is 0 Å². The van der Waals surface area contributed by atoms with E-state index in [1.54, 1.807) is 18.2 Å². The molecule has 1 N–H and O–H groups in total. The Bertz CT molecular complexity index is 2060. The van der Waals surface area contributed by atoms with Crippen molar-refractivity contribution in [3.8, 4) is 46.5 Å². The predicted molar refractivity (Wildman–Crippen MR) is 164 cm³/mol. The molecule has 0 bridgehead atoms. The van der Waals surface area contributed by atoms with E-state index in [9.17, 15) is 21.4 Å². The summed E-state index contributed by atoms with van der Waals surface area (Å²) in [5, 5.41) is 0. The van der Waals surface area contributed by atoms with Crippen molar-refractivity contribution in [1.82, 2.24) is 0 Å². The molecule has 5 aromatic rings. The minimum atomic E-state index is -4.74. The number of sulfone groups is 1. The second-order valence-electron chi connectivity index (χ2n) is 9.80. The summed E-state index contributed by atoms with van der Waals surface area (Å²) in [5.41, 5.74) is 4.26. The van der Waals surface area contributed by atoms with Gasteiger partial charge in [0.25, 0.3) is 10.1 Å². The Morgan fingerprint density at radius 1 is 0.628 bits per heavy atom. The fraction of sp³-hybridized carbons (Fsp3) is 0.0588. The van der Waals surface area contributed by atoms with Crippen LogP contribution in [0.2, 0.25) is 0 Å². The van der Waals surface area contributed by atoms with Crippen LogP contribution in [0.1, 0.15) is 16.7 Å². The molecule has 9 heteroatoms. The summed E-state index contributed by atoms with van der Waals surface area (Å²) in [6.45, 7) is 3.80. The van der Waals surface area contributed by atoms with Gasteiger partial charge in [-0.05, 0) is 92.2 Å². The van der Waals surface area contributed by atoms with Crippen LogP contribution >= 0.6 is 0 Å². The van der Waals surface area contributed by atoms with E-state index in [4.69, 9.17) is 15.9 Å². The van der Waals surface area contributed by atoms with Crippen molar-refractivity contribution in [3.05, 3.63) is 126 Å². The number of benzene rings is 5. The van der Waals surface area contributed by atoms with Crippen LogP contribution in [0, 0.1) is 26.2 Å². The molecule has 0 heterocycles. The van der Waals surface area contributed by atoms with Gasteiger partial charge in [0.15, 0.2) is 0 Å². The summed E-state index contributed by atoms with van der Waals surface area (Å²) in [7, 11) is -8.49. The van der Waals surface area contributed by atoms with Crippen molar-refractivity contribution < 1.29 is 30.9 Å². The first-order valence-electron chi connectivity index (χ1n) is 13.0. The molecule has 0 atom stereocenters. The van der Waals surface area contributed by atoms with Gasteiger partial charge in [-0.3, -0.25) is 4.55 Å². The van der Waals surface area contributed by atoms with Crippen molar-refractivity contribution in [3.63, 3.8) is 0 Å². The van der Waals surface area contributed by atoms with Gasteiger partial charge in [0.2, 0.25) is 9.84 Å². The van der Waals surface area contributed by atoms with E-state index in [0.29, 0.717) is 5.75 Å². The number of ether oxygens (including phenoxy) is 2. The molecule has 0 aliphatic rings. The van der Waals surface area contributed by atoms with Gasteiger partial charge in [-0.2, -0.15) is 8.42 Å². The van der Waals surface area contributed by atoms with Crippen molar-refractivity contribution in [2.45, 2.75) is 28.5 Å². The molecule has 0 aromatic heterocycles. The van der Waals surface area contributed by atoms with E-state index in [2.05, 4.69) is 5.92 Å². The minimum Gasteiger partial charge on any atom is -0.457 e. The van der Waals surface area contributed by atoms with Crippen molar-refractivity contribution in [2.75, 3.05) is 0 Å². The van der Waals surface area contributed by atoms with Crippen LogP contribution in [0.5, 0.6) is 23.0 Å². The van der Waals surface area contributed by atoms with E-state index in [1.165, 1.54) is 48.5 Å². The fourth-order valence-electron chi connectivity index (χ4n) is 4.34. The maximum atomic E-state index is 13.0. The molecular formula is C34H26O7S2. The first-order chi connectivity index (χ1) is 20.4. The van der Waals surface area contributed by atoms with E-state index in [-0.39, 0.29) is 27.0 Å². The van der Waals surface area contributed by atoms with Crippen molar-refractivity contribution >= 4 is 20.0 Å². The Morgan fingerprint density at radius 3 is 1.77 bits per heavy atom. The van der Waals surface area contributed by atoms with Gasteiger partial charge in [-0.1, -0.05) is 47.4 Å². The summed E-state index contributed by atoms with van der Waals surface area (Å²) >= 11 is 0. The lowest BCUT2D eigenvalue weighted by atomic mass is 10.0. The number of rotatable bonds is 8. The molecule has 0 saturated carbocycles. The van der Waals surface area contributed by atoms with Crippen LogP contribution in [0.25, 0.3) is 11.1 Å². The maximum Gasteiger partial charge on any atom is 0.298 e. The maximum absolute atomic E-state index is 13.0.